The molecule has 5 heteroatoms. The molecule has 0 aromatic heterocycles. The minimum Gasteiger partial charge on any atom is -0.397 e. The molecule has 14 heavy (non-hydrogen) atoms. The molecule has 0 rings (SSSR count). The summed E-state index contributed by atoms with van der Waals surface area (Å²) in [5, 5.41) is 0. The lowest BCUT2D eigenvalue weighted by molar-refractivity contribution is -0.363. The molecule has 0 fully saturated rings. The summed E-state index contributed by atoms with van der Waals surface area (Å²) >= 11 is 0. The van der Waals surface area contributed by atoms with Gasteiger partial charge in [0.2, 0.25) is 0 Å². The third-order valence-corrected chi connectivity index (χ3v) is 1.41. The van der Waals surface area contributed by atoms with Gasteiger partial charge in [0.25, 0.3) is 0 Å². The van der Waals surface area contributed by atoms with E-state index in [2.05, 4.69) is 4.74 Å². The smallest absolute Gasteiger partial charge is 0.397 e. The van der Waals surface area contributed by atoms with Gasteiger partial charge in [0, 0.05) is 6.61 Å². The zero-order valence-corrected chi connectivity index (χ0v) is 8.87. The maximum Gasteiger partial charge on any atom is 0.421 e. The molecule has 0 N–H and O–H groups in total. The molecule has 0 heterocycles. The summed E-state index contributed by atoms with van der Waals surface area (Å²) in [6.07, 6.45) is 0. The average Bonchev–Trinajstić information content (AvgIpc) is 2.16. The first-order valence-corrected chi connectivity index (χ1v) is 4.65. The van der Waals surface area contributed by atoms with Gasteiger partial charge in [-0.05, 0) is 20.8 Å². The fourth-order valence-electron chi connectivity index (χ4n) is 0.944. The number of ether oxygens (including phenoxy) is 4. The lowest BCUT2D eigenvalue weighted by Gasteiger charge is -2.29. The quantitative estimate of drug-likeness (QED) is 0.522. The SMILES string of the molecule is CCOCC(O[C]=O)(OCC)OCC. The molecule has 83 valence electrons. The van der Waals surface area contributed by atoms with E-state index in [0.717, 1.165) is 0 Å². The Labute approximate surface area is 84.3 Å². The number of hydrogen-bond acceptors (Lipinski definition) is 5. The summed E-state index contributed by atoms with van der Waals surface area (Å²) < 4.78 is 20.1. The Morgan fingerprint density at radius 2 is 1.64 bits per heavy atom. The van der Waals surface area contributed by atoms with Crippen LogP contribution in [-0.2, 0) is 23.7 Å². The summed E-state index contributed by atoms with van der Waals surface area (Å²) in [6.45, 7) is 7.92. The molecule has 0 aromatic carbocycles. The molecule has 0 amide bonds. The van der Waals surface area contributed by atoms with Gasteiger partial charge in [0.05, 0.1) is 13.2 Å². The normalized spacial score (nSPS) is 11.4. The molecular formula is C9H17O5. The van der Waals surface area contributed by atoms with Crippen LogP contribution in [0.25, 0.3) is 0 Å². The fourth-order valence-corrected chi connectivity index (χ4v) is 0.944. The van der Waals surface area contributed by atoms with Crippen molar-refractivity contribution >= 4 is 6.47 Å². The predicted octanol–water partition coefficient (Wildman–Crippen LogP) is 0.833. The van der Waals surface area contributed by atoms with Crippen LogP contribution in [0.15, 0.2) is 0 Å². The van der Waals surface area contributed by atoms with Gasteiger partial charge < -0.3 is 18.9 Å². The molecule has 0 spiro atoms. The lowest BCUT2D eigenvalue weighted by atomic mass is 10.5. The van der Waals surface area contributed by atoms with Gasteiger partial charge in [-0.2, -0.15) is 0 Å². The molecule has 0 saturated heterocycles. The zero-order chi connectivity index (χ0) is 10.9. The van der Waals surface area contributed by atoms with Crippen molar-refractivity contribution in [2.45, 2.75) is 26.7 Å². The Bertz CT molecular complexity index is 142. The summed E-state index contributed by atoms with van der Waals surface area (Å²) in [5.74, 6) is -1.44. The molecule has 0 bridgehead atoms. The molecule has 0 aromatic rings. The fraction of sp³-hybridized carbons (Fsp3) is 0.889. The Hall–Kier alpha value is -0.650. The lowest BCUT2D eigenvalue weighted by Crippen LogP contribution is -2.43. The van der Waals surface area contributed by atoms with Gasteiger partial charge in [0.1, 0.15) is 6.61 Å². The summed E-state index contributed by atoms with van der Waals surface area (Å²) in [4.78, 5) is 10.2. The zero-order valence-electron chi connectivity index (χ0n) is 8.87. The maximum atomic E-state index is 10.2. The first-order chi connectivity index (χ1) is 6.74. The Morgan fingerprint density at radius 3 is 2.00 bits per heavy atom. The molecule has 0 atom stereocenters. The second-order valence-electron chi connectivity index (χ2n) is 2.37. The van der Waals surface area contributed by atoms with Gasteiger partial charge in [-0.15, -0.1) is 0 Å². The highest BCUT2D eigenvalue weighted by Crippen LogP contribution is 2.15. The van der Waals surface area contributed by atoms with Gasteiger partial charge in [0.15, 0.2) is 0 Å². The standard InChI is InChI=1S/C9H17O5/c1-4-11-7-9(12-5-2,13-6-3)14-8-10/h4-7H2,1-3H3. The average molecular weight is 205 g/mol. The predicted molar refractivity (Wildman–Crippen MR) is 49.3 cm³/mol. The monoisotopic (exact) mass is 205 g/mol. The van der Waals surface area contributed by atoms with Crippen molar-refractivity contribution in [3.05, 3.63) is 0 Å². The minimum absolute atomic E-state index is 0.0421. The van der Waals surface area contributed by atoms with Crippen LogP contribution in [0.4, 0.5) is 0 Å². The van der Waals surface area contributed by atoms with Crippen molar-refractivity contribution in [1.29, 1.82) is 0 Å². The molecule has 1 radical (unpaired) electrons. The van der Waals surface area contributed by atoms with Crippen molar-refractivity contribution in [3.8, 4) is 0 Å². The Morgan fingerprint density at radius 1 is 1.07 bits per heavy atom. The summed E-state index contributed by atoms with van der Waals surface area (Å²) in [7, 11) is 0. The first-order valence-electron chi connectivity index (χ1n) is 4.65. The van der Waals surface area contributed by atoms with Crippen LogP contribution < -0.4 is 0 Å². The third-order valence-electron chi connectivity index (χ3n) is 1.41. The molecule has 0 aliphatic heterocycles. The van der Waals surface area contributed by atoms with Gasteiger partial charge >= 0.3 is 12.4 Å². The van der Waals surface area contributed by atoms with Crippen LogP contribution in [0.5, 0.6) is 0 Å². The van der Waals surface area contributed by atoms with E-state index in [4.69, 9.17) is 14.2 Å². The van der Waals surface area contributed by atoms with Gasteiger partial charge in [-0.25, -0.2) is 4.79 Å². The van der Waals surface area contributed by atoms with E-state index in [1.54, 1.807) is 13.8 Å². The molecule has 0 aliphatic carbocycles. The Kier molecular flexibility index (Phi) is 7.37. The second kappa shape index (κ2) is 7.73. The maximum absolute atomic E-state index is 10.2. The topological polar surface area (TPSA) is 54.0 Å². The van der Waals surface area contributed by atoms with Crippen molar-refractivity contribution in [3.63, 3.8) is 0 Å². The Balaban J connectivity index is 4.28. The molecule has 5 nitrogen and oxygen atoms in total. The number of carbonyl (C=O) groups excluding carboxylic acids is 1. The van der Waals surface area contributed by atoms with Crippen molar-refractivity contribution in [2.24, 2.45) is 0 Å². The highest BCUT2D eigenvalue weighted by molar-refractivity contribution is 5.38. The van der Waals surface area contributed by atoms with Crippen molar-refractivity contribution < 1.29 is 23.7 Å². The van der Waals surface area contributed by atoms with Crippen LogP contribution in [0.2, 0.25) is 0 Å². The van der Waals surface area contributed by atoms with E-state index in [-0.39, 0.29) is 6.61 Å². The third kappa shape index (κ3) is 4.55. The van der Waals surface area contributed by atoms with Crippen molar-refractivity contribution in [2.75, 3.05) is 26.4 Å². The molecule has 0 aliphatic rings. The van der Waals surface area contributed by atoms with Gasteiger partial charge in [-0.1, -0.05) is 0 Å². The van der Waals surface area contributed by atoms with Crippen LogP contribution in [0.3, 0.4) is 0 Å². The van der Waals surface area contributed by atoms with E-state index >= 15 is 0 Å². The highest BCUT2D eigenvalue weighted by atomic mass is 16.9. The van der Waals surface area contributed by atoms with Crippen LogP contribution in [-0.4, -0.2) is 38.9 Å². The molecule has 0 saturated carbocycles. The van der Waals surface area contributed by atoms with E-state index in [1.165, 1.54) is 6.47 Å². The summed E-state index contributed by atoms with van der Waals surface area (Å²) in [5.41, 5.74) is 0. The van der Waals surface area contributed by atoms with Gasteiger partial charge in [-0.3, -0.25) is 0 Å². The second-order valence-corrected chi connectivity index (χ2v) is 2.37. The first kappa shape index (κ1) is 13.4. The van der Waals surface area contributed by atoms with Crippen LogP contribution >= 0.6 is 0 Å². The largest absolute Gasteiger partial charge is 0.421 e. The van der Waals surface area contributed by atoms with E-state index in [1.807, 2.05) is 6.92 Å². The molecular weight excluding hydrogens is 188 g/mol. The molecule has 0 unspecified atom stereocenters. The van der Waals surface area contributed by atoms with Crippen molar-refractivity contribution in [1.82, 2.24) is 0 Å². The minimum atomic E-state index is -1.44. The highest BCUT2D eigenvalue weighted by Gasteiger charge is 2.34. The number of hydrogen-bond donors (Lipinski definition) is 0. The van der Waals surface area contributed by atoms with E-state index in [0.29, 0.717) is 19.8 Å². The summed E-state index contributed by atoms with van der Waals surface area (Å²) in [6, 6.07) is 0. The number of rotatable bonds is 9. The van der Waals surface area contributed by atoms with Crippen LogP contribution in [0, 0.1) is 0 Å². The van der Waals surface area contributed by atoms with E-state index < -0.39 is 5.97 Å². The van der Waals surface area contributed by atoms with E-state index in [9.17, 15) is 4.79 Å². The van der Waals surface area contributed by atoms with Crippen LogP contribution in [0.1, 0.15) is 20.8 Å².